The van der Waals surface area contributed by atoms with Crippen LogP contribution >= 0.6 is 24.0 Å². The molecular weight excluding hydrogens is 353 g/mol. The van der Waals surface area contributed by atoms with Crippen molar-refractivity contribution >= 4 is 46.4 Å². The highest BCUT2D eigenvalue weighted by Gasteiger charge is 2.11. The number of anilines is 2. The van der Waals surface area contributed by atoms with Crippen molar-refractivity contribution in [3.63, 3.8) is 0 Å². The molecule has 0 unspecified atom stereocenters. The zero-order valence-corrected chi connectivity index (χ0v) is 14.5. The quantitative estimate of drug-likeness (QED) is 0.720. The van der Waals surface area contributed by atoms with Gasteiger partial charge in [-0.1, -0.05) is 11.6 Å². The van der Waals surface area contributed by atoms with Gasteiger partial charge >= 0.3 is 0 Å². The third-order valence-corrected chi connectivity index (χ3v) is 3.67. The highest BCUT2D eigenvalue weighted by atomic mass is 35.5. The van der Waals surface area contributed by atoms with Gasteiger partial charge in [0, 0.05) is 23.2 Å². The van der Waals surface area contributed by atoms with Gasteiger partial charge in [0.1, 0.15) is 17.9 Å². The molecule has 0 aliphatic rings. The lowest BCUT2D eigenvalue weighted by Gasteiger charge is -2.12. The fourth-order valence-corrected chi connectivity index (χ4v) is 2.33. The van der Waals surface area contributed by atoms with Crippen LogP contribution in [0.2, 0.25) is 5.02 Å². The molecule has 24 heavy (non-hydrogen) atoms. The Hall–Kier alpha value is -2.44. The van der Waals surface area contributed by atoms with Gasteiger partial charge in [0.05, 0.1) is 24.8 Å². The van der Waals surface area contributed by atoms with Crippen molar-refractivity contribution in [1.29, 1.82) is 0 Å². The fourth-order valence-electron chi connectivity index (χ4n) is 2.21. The number of ether oxygens (including phenoxy) is 2. The molecule has 0 saturated carbocycles. The summed E-state index contributed by atoms with van der Waals surface area (Å²) in [6, 6.07) is 8.45. The molecule has 2 aromatic carbocycles. The summed E-state index contributed by atoms with van der Waals surface area (Å²) in [4.78, 5) is 8.49. The Bertz CT molecular complexity index is 875. The Labute approximate surface area is 149 Å². The maximum atomic E-state index is 9.70. The Balaban J connectivity index is 0.00000208. The Morgan fingerprint density at radius 2 is 1.75 bits per heavy atom. The van der Waals surface area contributed by atoms with Gasteiger partial charge in [-0.2, -0.15) is 0 Å². The van der Waals surface area contributed by atoms with Crippen LogP contribution in [0.25, 0.3) is 10.9 Å². The lowest BCUT2D eigenvalue weighted by molar-refractivity contribution is 0.356. The first kappa shape index (κ1) is 17.9. The van der Waals surface area contributed by atoms with Crippen LogP contribution in [-0.2, 0) is 0 Å². The molecule has 0 aliphatic heterocycles. The van der Waals surface area contributed by atoms with Crippen LogP contribution in [0.3, 0.4) is 0 Å². The summed E-state index contributed by atoms with van der Waals surface area (Å²) in [7, 11) is 3.14. The minimum absolute atomic E-state index is 0. The number of phenolic OH excluding ortho intramolecular Hbond substituents is 1. The van der Waals surface area contributed by atoms with Crippen LogP contribution in [0.1, 0.15) is 0 Å². The minimum atomic E-state index is -0.00530. The number of nitrogens with one attached hydrogen (secondary N) is 1. The number of hydrogen-bond acceptors (Lipinski definition) is 6. The summed E-state index contributed by atoms with van der Waals surface area (Å²) in [6.07, 6.45) is 1.45. The van der Waals surface area contributed by atoms with E-state index in [1.54, 1.807) is 38.5 Å². The number of benzene rings is 2. The lowest BCUT2D eigenvalue weighted by Crippen LogP contribution is -1.98. The molecule has 1 aromatic heterocycles. The van der Waals surface area contributed by atoms with Crippen LogP contribution in [-0.4, -0.2) is 29.3 Å². The van der Waals surface area contributed by atoms with Crippen LogP contribution < -0.4 is 14.8 Å². The van der Waals surface area contributed by atoms with Gasteiger partial charge in [-0.05, 0) is 18.2 Å². The summed E-state index contributed by atoms with van der Waals surface area (Å²) < 4.78 is 10.6. The average molecular weight is 368 g/mol. The maximum Gasteiger partial charge on any atom is 0.162 e. The van der Waals surface area contributed by atoms with E-state index >= 15 is 0 Å². The third kappa shape index (κ3) is 3.39. The lowest BCUT2D eigenvalue weighted by atomic mass is 10.2. The second-order valence-electron chi connectivity index (χ2n) is 4.74. The molecule has 2 N–H and O–H groups in total. The van der Waals surface area contributed by atoms with E-state index in [2.05, 4.69) is 15.3 Å². The van der Waals surface area contributed by atoms with Gasteiger partial charge in [-0.25, -0.2) is 9.97 Å². The summed E-state index contributed by atoms with van der Waals surface area (Å²) in [5.41, 5.74) is 1.36. The predicted octanol–water partition coefficient (Wildman–Crippen LogP) is 4.17. The minimum Gasteiger partial charge on any atom is -0.506 e. The number of hydrogen-bond donors (Lipinski definition) is 2. The molecule has 0 spiro atoms. The smallest absolute Gasteiger partial charge is 0.162 e. The number of fused-ring (bicyclic) bond motifs is 1. The fraction of sp³-hybridized carbons (Fsp3) is 0.125. The number of halogens is 2. The third-order valence-electron chi connectivity index (χ3n) is 3.35. The molecule has 3 aromatic rings. The van der Waals surface area contributed by atoms with Crippen LogP contribution in [0.5, 0.6) is 17.2 Å². The van der Waals surface area contributed by atoms with Crippen LogP contribution in [0, 0.1) is 0 Å². The molecule has 0 amide bonds. The molecule has 8 heteroatoms. The normalized spacial score (nSPS) is 10.1. The standard InChI is InChI=1S/C16H14ClN3O3.ClH/c1-22-14-6-10-12(7-15(14)23-2)18-8-19-16(10)20-9-3-4-11(17)13(21)5-9;/h3-8,21H,1-2H3,(H,18,19,20);1H. The van der Waals surface area contributed by atoms with Crippen LogP contribution in [0.15, 0.2) is 36.7 Å². The van der Waals surface area contributed by atoms with Gasteiger partial charge in [0.15, 0.2) is 11.5 Å². The number of aromatic hydroxyl groups is 1. The van der Waals surface area contributed by atoms with E-state index in [1.807, 2.05) is 0 Å². The first-order valence-electron chi connectivity index (χ1n) is 6.74. The molecule has 6 nitrogen and oxygen atoms in total. The highest BCUT2D eigenvalue weighted by molar-refractivity contribution is 6.32. The molecule has 0 aliphatic carbocycles. The Morgan fingerprint density at radius 1 is 1.04 bits per heavy atom. The van der Waals surface area contributed by atoms with E-state index < -0.39 is 0 Å². The number of methoxy groups -OCH3 is 2. The summed E-state index contributed by atoms with van der Waals surface area (Å²) in [5.74, 6) is 1.75. The van der Waals surface area contributed by atoms with Gasteiger partial charge in [0.25, 0.3) is 0 Å². The zero-order chi connectivity index (χ0) is 16.4. The topological polar surface area (TPSA) is 76.5 Å². The first-order chi connectivity index (χ1) is 11.1. The first-order valence-corrected chi connectivity index (χ1v) is 7.12. The second kappa shape index (κ2) is 7.42. The van der Waals surface area contributed by atoms with Crippen molar-refractivity contribution in [3.05, 3.63) is 41.7 Å². The van der Waals surface area contributed by atoms with Gasteiger partial charge in [0.2, 0.25) is 0 Å². The van der Waals surface area contributed by atoms with E-state index in [-0.39, 0.29) is 23.2 Å². The maximum absolute atomic E-state index is 9.70. The number of rotatable bonds is 4. The van der Waals surface area contributed by atoms with Crippen molar-refractivity contribution < 1.29 is 14.6 Å². The van der Waals surface area contributed by atoms with Crippen molar-refractivity contribution in [2.24, 2.45) is 0 Å². The summed E-state index contributed by atoms with van der Waals surface area (Å²) in [5, 5.41) is 13.9. The largest absolute Gasteiger partial charge is 0.506 e. The molecule has 1 heterocycles. The van der Waals surface area contributed by atoms with E-state index in [0.717, 1.165) is 5.39 Å². The molecule has 3 rings (SSSR count). The van der Waals surface area contributed by atoms with E-state index in [0.29, 0.717) is 28.5 Å². The van der Waals surface area contributed by atoms with E-state index in [9.17, 15) is 5.11 Å². The van der Waals surface area contributed by atoms with Crippen molar-refractivity contribution in [2.45, 2.75) is 0 Å². The monoisotopic (exact) mass is 367 g/mol. The molecule has 0 atom stereocenters. The van der Waals surface area contributed by atoms with Crippen LogP contribution in [0.4, 0.5) is 11.5 Å². The van der Waals surface area contributed by atoms with E-state index in [1.165, 1.54) is 12.4 Å². The molecule has 0 bridgehead atoms. The van der Waals surface area contributed by atoms with Crippen molar-refractivity contribution in [1.82, 2.24) is 9.97 Å². The Morgan fingerprint density at radius 3 is 2.42 bits per heavy atom. The van der Waals surface area contributed by atoms with Gasteiger partial charge < -0.3 is 19.9 Å². The SMILES string of the molecule is COc1cc2ncnc(Nc3ccc(Cl)c(O)c3)c2cc1OC.Cl. The average Bonchev–Trinajstić information content (AvgIpc) is 2.57. The molecule has 126 valence electrons. The van der Waals surface area contributed by atoms with Gasteiger partial charge in [-0.3, -0.25) is 0 Å². The molecule has 0 radical (unpaired) electrons. The number of nitrogens with zero attached hydrogens (tertiary/aromatic N) is 2. The highest BCUT2D eigenvalue weighted by Crippen LogP contribution is 2.35. The predicted molar refractivity (Wildman–Crippen MR) is 96.3 cm³/mol. The summed E-state index contributed by atoms with van der Waals surface area (Å²) in [6.45, 7) is 0. The molecule has 0 fully saturated rings. The van der Waals surface area contributed by atoms with E-state index in [4.69, 9.17) is 21.1 Å². The zero-order valence-electron chi connectivity index (χ0n) is 12.9. The number of phenols is 1. The second-order valence-corrected chi connectivity index (χ2v) is 5.15. The number of aromatic nitrogens is 2. The summed E-state index contributed by atoms with van der Waals surface area (Å²) >= 11 is 5.82. The molecule has 0 saturated heterocycles. The van der Waals surface area contributed by atoms with Crippen molar-refractivity contribution in [3.8, 4) is 17.2 Å². The Kier molecular flexibility index (Phi) is 5.54. The van der Waals surface area contributed by atoms with Crippen molar-refractivity contribution in [2.75, 3.05) is 19.5 Å². The van der Waals surface area contributed by atoms with Gasteiger partial charge in [-0.15, -0.1) is 12.4 Å². The molecular formula is C16H15Cl2N3O3.